The minimum absolute atomic E-state index is 0.0872. The lowest BCUT2D eigenvalue weighted by Crippen LogP contribution is -2.26. The molecule has 0 saturated heterocycles. The van der Waals surface area contributed by atoms with E-state index in [9.17, 15) is 4.79 Å². The van der Waals surface area contributed by atoms with Crippen LogP contribution in [-0.2, 0) is 0 Å². The number of benzene rings is 2. The third-order valence-electron chi connectivity index (χ3n) is 3.28. The second-order valence-electron chi connectivity index (χ2n) is 4.30. The molecule has 0 saturated carbocycles. The molecule has 0 unspecified atom stereocenters. The maximum Gasteiger partial charge on any atom is 0.385 e. The Balaban J connectivity index is 2.48. The molecule has 0 spiro atoms. The number of nitrogens with zero attached hydrogens (tertiary/aromatic N) is 3. The van der Waals surface area contributed by atoms with E-state index >= 15 is 0 Å². The van der Waals surface area contributed by atoms with E-state index in [1.54, 1.807) is 48.5 Å². The largest absolute Gasteiger partial charge is 0.385 e. The number of carbonyl (C=O) groups is 1. The third-order valence-corrected chi connectivity index (χ3v) is 3.28. The highest BCUT2D eigenvalue weighted by atomic mass is 16.1. The fourth-order valence-corrected chi connectivity index (χ4v) is 2.43. The first-order valence-corrected chi connectivity index (χ1v) is 5.98. The highest BCUT2D eigenvalue weighted by Gasteiger charge is 2.30. The van der Waals surface area contributed by atoms with Gasteiger partial charge in [0.2, 0.25) is 0 Å². The van der Waals surface area contributed by atoms with Crippen molar-refractivity contribution in [2.75, 3.05) is 0 Å². The molecule has 0 radical (unpaired) electrons. The van der Waals surface area contributed by atoms with Gasteiger partial charge in [-0.1, -0.05) is 53.1 Å². The van der Waals surface area contributed by atoms with Crippen LogP contribution in [0.5, 0.6) is 0 Å². The average molecular weight is 258 g/mol. The predicted octanol–water partition coefficient (Wildman–Crippen LogP) is 2.04. The van der Waals surface area contributed by atoms with Gasteiger partial charge in [-0.05, 0) is 0 Å². The Morgan fingerprint density at radius 3 is 1.55 bits per heavy atom. The predicted molar refractivity (Wildman–Crippen MR) is 71.0 cm³/mol. The molecule has 0 aromatic heterocycles. The van der Waals surface area contributed by atoms with E-state index in [-0.39, 0.29) is 5.78 Å². The zero-order valence-electron chi connectivity index (χ0n) is 10.4. The second kappa shape index (κ2) is 4.46. The maximum atomic E-state index is 12.5. The number of rotatable bonds is 0. The fourth-order valence-electron chi connectivity index (χ4n) is 2.43. The number of carbonyl (C=O) groups excluding carboxylic acids is 1. The van der Waals surface area contributed by atoms with Crippen LogP contribution >= 0.6 is 0 Å². The van der Waals surface area contributed by atoms with Gasteiger partial charge < -0.3 is 0 Å². The molecule has 2 aromatic carbocycles. The Kier molecular flexibility index (Phi) is 2.64. The minimum atomic E-state index is -0.0872. The van der Waals surface area contributed by atoms with Gasteiger partial charge in [0.15, 0.2) is 5.78 Å². The molecule has 0 aliphatic heterocycles. The van der Waals surface area contributed by atoms with E-state index in [0.29, 0.717) is 28.0 Å². The molecule has 0 fully saturated rings. The van der Waals surface area contributed by atoms with E-state index in [1.807, 2.05) is 12.4 Å². The fraction of sp³-hybridized carbons (Fsp3) is 0. The van der Waals surface area contributed by atoms with Crippen LogP contribution in [0, 0.1) is 22.9 Å². The second-order valence-corrected chi connectivity index (χ2v) is 4.30. The molecule has 0 N–H and O–H groups in total. The van der Waals surface area contributed by atoms with E-state index in [4.69, 9.17) is 10.5 Å². The Labute approximate surface area is 115 Å². The maximum absolute atomic E-state index is 12.5. The van der Waals surface area contributed by atoms with Gasteiger partial charge in [-0.25, -0.2) is 0 Å². The third kappa shape index (κ3) is 1.53. The van der Waals surface area contributed by atoms with Crippen LogP contribution in [-0.4, -0.2) is 16.1 Å². The van der Waals surface area contributed by atoms with Crippen molar-refractivity contribution in [3.63, 3.8) is 0 Å². The molecule has 3 rings (SSSR count). The van der Waals surface area contributed by atoms with Crippen molar-refractivity contribution in [3.05, 3.63) is 70.8 Å². The Morgan fingerprint density at radius 2 is 1.15 bits per heavy atom. The minimum Gasteiger partial charge on any atom is -0.289 e. The van der Waals surface area contributed by atoms with Crippen molar-refractivity contribution in [3.8, 4) is 12.4 Å². The average Bonchev–Trinajstić information content (AvgIpc) is 2.51. The van der Waals surface area contributed by atoms with Crippen molar-refractivity contribution in [1.82, 2.24) is 0 Å². The van der Waals surface area contributed by atoms with Crippen LogP contribution in [0.2, 0.25) is 0 Å². The lowest BCUT2D eigenvalue weighted by molar-refractivity contribution is -0.336. The topological polar surface area (TPSA) is 67.7 Å². The van der Waals surface area contributed by atoms with Crippen molar-refractivity contribution in [2.45, 2.75) is 0 Å². The summed E-state index contributed by atoms with van der Waals surface area (Å²) in [6.45, 7) is 0. The number of hydrogen-bond donors (Lipinski definition) is 0. The van der Waals surface area contributed by atoms with Crippen LogP contribution in [0.3, 0.4) is 0 Å². The molecule has 92 valence electrons. The summed E-state index contributed by atoms with van der Waals surface area (Å²) in [5.41, 5.74) is 2.70. The van der Waals surface area contributed by atoms with Crippen LogP contribution in [0.25, 0.3) is 0 Å². The van der Waals surface area contributed by atoms with Crippen molar-refractivity contribution in [2.24, 2.45) is 0 Å². The molecule has 0 atom stereocenters. The SMILES string of the molecule is N#C[N+](C#N)=C1c2ccccc2C(=O)c2ccccc21. The highest BCUT2D eigenvalue weighted by Crippen LogP contribution is 2.27. The summed E-state index contributed by atoms with van der Waals surface area (Å²) in [6.07, 6.45) is 3.68. The van der Waals surface area contributed by atoms with Crippen molar-refractivity contribution >= 4 is 11.5 Å². The molecule has 1 aliphatic rings. The van der Waals surface area contributed by atoms with Gasteiger partial charge in [0.1, 0.15) is 5.71 Å². The van der Waals surface area contributed by atoms with Gasteiger partial charge >= 0.3 is 12.4 Å². The van der Waals surface area contributed by atoms with E-state index in [1.165, 1.54) is 0 Å². The molecular weight excluding hydrogens is 250 g/mol. The number of hydrogen-bond acceptors (Lipinski definition) is 3. The molecule has 0 amide bonds. The zero-order valence-corrected chi connectivity index (χ0v) is 10.4. The van der Waals surface area contributed by atoms with Gasteiger partial charge in [0.05, 0.1) is 0 Å². The van der Waals surface area contributed by atoms with Crippen LogP contribution in [0.4, 0.5) is 0 Å². The molecule has 0 bridgehead atoms. The van der Waals surface area contributed by atoms with Gasteiger partial charge in [0.25, 0.3) is 0 Å². The summed E-state index contributed by atoms with van der Waals surface area (Å²) in [7, 11) is 0. The van der Waals surface area contributed by atoms with E-state index in [0.717, 1.165) is 4.58 Å². The smallest absolute Gasteiger partial charge is 0.289 e. The van der Waals surface area contributed by atoms with Gasteiger partial charge in [-0.3, -0.25) is 4.79 Å². The van der Waals surface area contributed by atoms with Crippen LogP contribution < -0.4 is 0 Å². The van der Waals surface area contributed by atoms with Gasteiger partial charge in [-0.2, -0.15) is 0 Å². The molecule has 20 heavy (non-hydrogen) atoms. The molecule has 4 heteroatoms. The molecule has 2 aromatic rings. The van der Waals surface area contributed by atoms with Crippen LogP contribution in [0.1, 0.15) is 27.0 Å². The molecule has 0 heterocycles. The monoisotopic (exact) mass is 258 g/mol. The first-order valence-electron chi connectivity index (χ1n) is 5.98. The first-order chi connectivity index (χ1) is 9.77. The van der Waals surface area contributed by atoms with Crippen molar-refractivity contribution in [1.29, 1.82) is 10.5 Å². The number of ketones is 1. The molecule has 4 nitrogen and oxygen atoms in total. The Morgan fingerprint density at radius 1 is 0.750 bits per heavy atom. The van der Waals surface area contributed by atoms with Crippen LogP contribution in [0.15, 0.2) is 48.5 Å². The first kappa shape index (κ1) is 11.8. The summed E-state index contributed by atoms with van der Waals surface area (Å²) in [4.78, 5) is 12.5. The molecule has 1 aliphatic carbocycles. The highest BCUT2D eigenvalue weighted by molar-refractivity contribution is 6.28. The lowest BCUT2D eigenvalue weighted by Gasteiger charge is -2.18. The number of nitriles is 2. The lowest BCUT2D eigenvalue weighted by atomic mass is 9.83. The molecular formula is C16H8N3O+. The summed E-state index contributed by atoms with van der Waals surface area (Å²) >= 11 is 0. The zero-order chi connectivity index (χ0) is 14.1. The summed E-state index contributed by atoms with van der Waals surface area (Å²) in [5, 5.41) is 18.3. The van der Waals surface area contributed by atoms with Gasteiger partial charge in [-0.15, -0.1) is 0 Å². The summed E-state index contributed by atoms with van der Waals surface area (Å²) in [6, 6.07) is 14.0. The Hall–Kier alpha value is -3.24. The standard InChI is InChI=1S/C16H8N3O/c17-9-19(10-18)15-11-5-1-3-7-13(11)16(20)14-8-4-2-6-12(14)15/h1-8H/q+1. The van der Waals surface area contributed by atoms with Crippen molar-refractivity contribution < 1.29 is 9.37 Å². The van der Waals surface area contributed by atoms with E-state index < -0.39 is 0 Å². The van der Waals surface area contributed by atoms with Gasteiger partial charge in [0, 0.05) is 32.8 Å². The summed E-state index contributed by atoms with van der Waals surface area (Å²) in [5.74, 6) is -0.0872. The van der Waals surface area contributed by atoms with E-state index in [2.05, 4.69) is 0 Å². The summed E-state index contributed by atoms with van der Waals surface area (Å²) < 4.78 is 0.935. The normalized spacial score (nSPS) is 11.9. The Bertz CT molecular complexity index is 783. The quantitative estimate of drug-likeness (QED) is 0.352. The number of fused-ring (bicyclic) bond motifs is 2.